The Morgan fingerprint density at radius 1 is 1.24 bits per heavy atom. The van der Waals surface area contributed by atoms with Gasteiger partial charge in [0.1, 0.15) is 6.54 Å². The first-order valence-corrected chi connectivity index (χ1v) is 8.98. The van der Waals surface area contributed by atoms with E-state index < -0.39 is 15.0 Å². The number of hydrogen-bond donors (Lipinski definition) is 0. The molecular formula is C16H18N2O6S. The van der Waals surface area contributed by atoms with Crippen molar-refractivity contribution >= 4 is 21.7 Å². The monoisotopic (exact) mass is 366 g/mol. The van der Waals surface area contributed by atoms with Crippen LogP contribution in [-0.4, -0.2) is 30.3 Å². The van der Waals surface area contributed by atoms with Gasteiger partial charge in [0.25, 0.3) is 10.1 Å². The zero-order valence-electron chi connectivity index (χ0n) is 13.6. The first-order chi connectivity index (χ1) is 11.8. The molecule has 0 aliphatic rings. The van der Waals surface area contributed by atoms with Gasteiger partial charge in [-0.3, -0.25) is 8.98 Å². The van der Waals surface area contributed by atoms with Crippen LogP contribution in [0.2, 0.25) is 0 Å². The van der Waals surface area contributed by atoms with Gasteiger partial charge >= 0.3 is 5.82 Å². The standard InChI is InChI=1S/C16H18N2O6S/c1-13-6-8-15(9-7-13)25(22,23)24-11-3-4-14(19)12-17-10-2-5-16(17)18(20)21/h2,5-10H,3-4,11-12H2,1H3. The second-order valence-electron chi connectivity index (χ2n) is 5.48. The molecule has 0 bridgehead atoms. The molecule has 0 amide bonds. The van der Waals surface area contributed by atoms with Crippen molar-refractivity contribution < 1.29 is 22.3 Å². The number of carbonyl (C=O) groups is 1. The number of benzene rings is 1. The number of hydrogen-bond acceptors (Lipinski definition) is 6. The van der Waals surface area contributed by atoms with E-state index in [4.69, 9.17) is 4.18 Å². The number of carbonyl (C=O) groups excluding carboxylic acids is 1. The highest BCUT2D eigenvalue weighted by Crippen LogP contribution is 2.15. The first kappa shape index (κ1) is 18.8. The average molecular weight is 366 g/mol. The van der Waals surface area contributed by atoms with Crippen LogP contribution in [0.4, 0.5) is 5.82 Å². The molecule has 25 heavy (non-hydrogen) atoms. The first-order valence-electron chi connectivity index (χ1n) is 7.57. The lowest BCUT2D eigenvalue weighted by molar-refractivity contribution is -0.391. The average Bonchev–Trinajstić information content (AvgIpc) is 3.00. The van der Waals surface area contributed by atoms with Crippen molar-refractivity contribution in [2.24, 2.45) is 0 Å². The number of ketones is 1. The lowest BCUT2D eigenvalue weighted by Crippen LogP contribution is -2.13. The number of rotatable bonds is 9. The molecule has 9 heteroatoms. The summed E-state index contributed by atoms with van der Waals surface area (Å²) in [6.07, 6.45) is 1.73. The number of Topliss-reactive ketones (excluding diaryl/α,β-unsaturated/α-hetero) is 1. The maximum Gasteiger partial charge on any atom is 0.323 e. The lowest BCUT2D eigenvalue weighted by Gasteiger charge is -2.06. The molecule has 0 atom stereocenters. The number of nitro groups is 1. The van der Waals surface area contributed by atoms with Crippen LogP contribution < -0.4 is 0 Å². The van der Waals surface area contributed by atoms with Gasteiger partial charge in [0.05, 0.1) is 17.7 Å². The van der Waals surface area contributed by atoms with Crippen molar-refractivity contribution in [1.29, 1.82) is 0 Å². The minimum absolute atomic E-state index is 0.0624. The molecule has 0 unspecified atom stereocenters. The third kappa shape index (κ3) is 5.23. The van der Waals surface area contributed by atoms with E-state index in [0.717, 1.165) is 5.56 Å². The van der Waals surface area contributed by atoms with Gasteiger partial charge in [-0.05, 0) is 36.5 Å². The molecule has 1 aromatic heterocycles. The summed E-state index contributed by atoms with van der Waals surface area (Å²) < 4.78 is 30.1. The Hall–Kier alpha value is -2.52. The maximum atomic E-state index is 12.0. The van der Waals surface area contributed by atoms with E-state index in [0.29, 0.717) is 0 Å². The van der Waals surface area contributed by atoms with Gasteiger partial charge < -0.3 is 10.1 Å². The van der Waals surface area contributed by atoms with Gasteiger partial charge in [-0.25, -0.2) is 4.57 Å². The Bertz CT molecular complexity index is 855. The lowest BCUT2D eigenvalue weighted by atomic mass is 10.2. The molecule has 0 aliphatic heterocycles. The normalized spacial score (nSPS) is 11.4. The molecule has 8 nitrogen and oxygen atoms in total. The van der Waals surface area contributed by atoms with E-state index in [-0.39, 0.29) is 42.5 Å². The Labute approximate surface area is 145 Å². The van der Waals surface area contributed by atoms with Crippen LogP contribution in [0.5, 0.6) is 0 Å². The third-order valence-electron chi connectivity index (χ3n) is 3.49. The van der Waals surface area contributed by atoms with Gasteiger partial charge in [-0.1, -0.05) is 17.7 Å². The van der Waals surface area contributed by atoms with Crippen LogP contribution in [-0.2, 0) is 25.6 Å². The Morgan fingerprint density at radius 2 is 1.92 bits per heavy atom. The molecular weight excluding hydrogens is 348 g/mol. The molecule has 134 valence electrons. The van der Waals surface area contributed by atoms with Crippen molar-refractivity contribution in [1.82, 2.24) is 4.57 Å². The smallest absolute Gasteiger partial charge is 0.323 e. The van der Waals surface area contributed by atoms with Gasteiger partial charge in [-0.15, -0.1) is 0 Å². The highest BCUT2D eigenvalue weighted by molar-refractivity contribution is 7.86. The van der Waals surface area contributed by atoms with Crippen LogP contribution in [0.25, 0.3) is 0 Å². The van der Waals surface area contributed by atoms with Gasteiger partial charge in [0, 0.05) is 12.5 Å². The summed E-state index contributed by atoms with van der Waals surface area (Å²) in [6, 6.07) is 9.06. The van der Waals surface area contributed by atoms with Crippen LogP contribution in [0.15, 0.2) is 47.5 Å². The highest BCUT2D eigenvalue weighted by Gasteiger charge is 2.17. The van der Waals surface area contributed by atoms with E-state index in [1.807, 2.05) is 6.92 Å². The molecule has 0 spiro atoms. The van der Waals surface area contributed by atoms with E-state index >= 15 is 0 Å². The quantitative estimate of drug-likeness (QED) is 0.292. The van der Waals surface area contributed by atoms with Crippen LogP contribution in [0, 0.1) is 17.0 Å². The zero-order chi connectivity index (χ0) is 18.4. The van der Waals surface area contributed by atoms with E-state index in [1.165, 1.54) is 35.0 Å². The van der Waals surface area contributed by atoms with Gasteiger partial charge in [0.15, 0.2) is 5.78 Å². The summed E-state index contributed by atoms with van der Waals surface area (Å²) in [4.78, 5) is 22.1. The zero-order valence-corrected chi connectivity index (χ0v) is 14.4. The minimum atomic E-state index is -3.85. The molecule has 2 aromatic rings. The fourth-order valence-electron chi connectivity index (χ4n) is 2.18. The van der Waals surface area contributed by atoms with E-state index in [1.54, 1.807) is 12.1 Å². The molecule has 1 heterocycles. The van der Waals surface area contributed by atoms with Crippen LogP contribution >= 0.6 is 0 Å². The summed E-state index contributed by atoms with van der Waals surface area (Å²) in [5.41, 5.74) is 0.934. The van der Waals surface area contributed by atoms with Crippen LogP contribution in [0.3, 0.4) is 0 Å². The van der Waals surface area contributed by atoms with Crippen molar-refractivity contribution in [2.45, 2.75) is 31.2 Å². The molecule has 0 fully saturated rings. The van der Waals surface area contributed by atoms with Crippen molar-refractivity contribution in [3.63, 3.8) is 0 Å². The highest BCUT2D eigenvalue weighted by atomic mass is 32.2. The molecule has 0 aliphatic carbocycles. The summed E-state index contributed by atoms with van der Waals surface area (Å²) in [5.74, 6) is -0.401. The predicted molar refractivity (Wildman–Crippen MR) is 89.6 cm³/mol. The molecule has 1 aromatic carbocycles. The minimum Gasteiger partial charge on any atom is -0.358 e. The summed E-state index contributed by atoms with van der Waals surface area (Å²) in [5, 5.41) is 10.8. The van der Waals surface area contributed by atoms with Gasteiger partial charge in [-0.2, -0.15) is 8.42 Å². The fourth-order valence-corrected chi connectivity index (χ4v) is 3.13. The summed E-state index contributed by atoms with van der Waals surface area (Å²) >= 11 is 0. The molecule has 0 saturated carbocycles. The van der Waals surface area contributed by atoms with Gasteiger partial charge in [0.2, 0.25) is 0 Å². The summed E-state index contributed by atoms with van der Waals surface area (Å²) in [6.45, 7) is 1.59. The number of nitrogens with zero attached hydrogens (tertiary/aromatic N) is 2. The van der Waals surface area contributed by atoms with Crippen LogP contribution in [0.1, 0.15) is 18.4 Å². The third-order valence-corrected chi connectivity index (χ3v) is 4.81. The molecule has 0 N–H and O–H groups in total. The summed E-state index contributed by atoms with van der Waals surface area (Å²) in [7, 11) is -3.85. The second-order valence-corrected chi connectivity index (χ2v) is 7.10. The van der Waals surface area contributed by atoms with Crippen molar-refractivity contribution in [3.05, 3.63) is 58.3 Å². The van der Waals surface area contributed by atoms with Crippen molar-refractivity contribution in [3.8, 4) is 0 Å². The Balaban J connectivity index is 1.80. The molecule has 0 radical (unpaired) electrons. The predicted octanol–water partition coefficient (Wildman–Crippen LogP) is 2.46. The van der Waals surface area contributed by atoms with E-state index in [9.17, 15) is 23.3 Å². The van der Waals surface area contributed by atoms with E-state index in [2.05, 4.69) is 0 Å². The van der Waals surface area contributed by atoms with Crippen molar-refractivity contribution in [2.75, 3.05) is 6.61 Å². The number of aryl methyl sites for hydroxylation is 1. The molecule has 2 rings (SSSR count). The number of aromatic nitrogens is 1. The largest absolute Gasteiger partial charge is 0.358 e. The maximum absolute atomic E-state index is 12.0. The molecule has 0 saturated heterocycles. The SMILES string of the molecule is Cc1ccc(S(=O)(=O)OCCCC(=O)Cn2cccc2[N+](=O)[O-])cc1. The Morgan fingerprint density at radius 3 is 2.56 bits per heavy atom. The Kier molecular flexibility index (Phi) is 6.05. The topological polar surface area (TPSA) is 109 Å². The fraction of sp³-hybridized carbons (Fsp3) is 0.312. The second kappa shape index (κ2) is 8.04.